The SMILES string of the molecule is Cc1ccc(S(=O)(=O)ONc2ccc(Cl)cc2)cc1. The molecule has 19 heavy (non-hydrogen) atoms. The molecule has 0 aromatic heterocycles. The van der Waals surface area contributed by atoms with Gasteiger partial charge in [-0.3, -0.25) is 0 Å². The lowest BCUT2D eigenvalue weighted by Crippen LogP contribution is -2.11. The summed E-state index contributed by atoms with van der Waals surface area (Å²) in [5, 5.41) is 0.562. The summed E-state index contributed by atoms with van der Waals surface area (Å²) in [7, 11) is -3.83. The summed E-state index contributed by atoms with van der Waals surface area (Å²) in [5.74, 6) is 0. The van der Waals surface area contributed by atoms with Crippen molar-refractivity contribution in [2.45, 2.75) is 11.8 Å². The second kappa shape index (κ2) is 5.61. The van der Waals surface area contributed by atoms with Crippen LogP contribution < -0.4 is 5.48 Å². The first-order valence-corrected chi connectivity index (χ1v) is 7.28. The Morgan fingerprint density at radius 1 is 1.00 bits per heavy atom. The van der Waals surface area contributed by atoms with Gasteiger partial charge in [-0.05, 0) is 43.3 Å². The van der Waals surface area contributed by atoms with Gasteiger partial charge in [0.1, 0.15) is 0 Å². The highest BCUT2D eigenvalue weighted by Gasteiger charge is 2.15. The molecule has 0 fully saturated rings. The fourth-order valence-corrected chi connectivity index (χ4v) is 2.27. The highest BCUT2D eigenvalue weighted by atomic mass is 35.5. The minimum absolute atomic E-state index is 0.0968. The van der Waals surface area contributed by atoms with Crippen LogP contribution in [0.25, 0.3) is 0 Å². The van der Waals surface area contributed by atoms with Crippen LogP contribution in [0.5, 0.6) is 0 Å². The minimum atomic E-state index is -3.83. The van der Waals surface area contributed by atoms with Crippen molar-refractivity contribution in [2.24, 2.45) is 0 Å². The molecule has 4 nitrogen and oxygen atoms in total. The number of nitrogens with one attached hydrogen (secondary N) is 1. The third-order valence-electron chi connectivity index (χ3n) is 2.42. The van der Waals surface area contributed by atoms with E-state index in [0.717, 1.165) is 5.56 Å². The number of benzene rings is 2. The van der Waals surface area contributed by atoms with E-state index in [9.17, 15) is 8.42 Å². The van der Waals surface area contributed by atoms with E-state index < -0.39 is 10.1 Å². The maximum absolute atomic E-state index is 11.9. The molecule has 2 aromatic carbocycles. The van der Waals surface area contributed by atoms with Crippen molar-refractivity contribution >= 4 is 27.4 Å². The largest absolute Gasteiger partial charge is 0.317 e. The molecule has 0 bridgehead atoms. The topological polar surface area (TPSA) is 55.4 Å². The fraction of sp³-hybridized carbons (Fsp3) is 0.0769. The standard InChI is InChI=1S/C13H12ClNO3S/c1-10-2-8-13(9-3-10)19(16,17)18-15-12-6-4-11(14)5-7-12/h2-9,15H,1H3. The van der Waals surface area contributed by atoms with Crippen molar-refractivity contribution in [3.8, 4) is 0 Å². The predicted molar refractivity (Wildman–Crippen MR) is 74.5 cm³/mol. The van der Waals surface area contributed by atoms with E-state index in [0.29, 0.717) is 10.7 Å². The molecule has 0 amide bonds. The Labute approximate surface area is 117 Å². The van der Waals surface area contributed by atoms with Crippen molar-refractivity contribution in [3.63, 3.8) is 0 Å². The molecular weight excluding hydrogens is 286 g/mol. The van der Waals surface area contributed by atoms with Crippen LogP contribution in [0.3, 0.4) is 0 Å². The Morgan fingerprint density at radius 3 is 2.16 bits per heavy atom. The van der Waals surface area contributed by atoms with Gasteiger partial charge in [0.25, 0.3) is 0 Å². The molecule has 0 saturated carbocycles. The van der Waals surface area contributed by atoms with Gasteiger partial charge in [-0.15, -0.1) is 4.28 Å². The van der Waals surface area contributed by atoms with Crippen molar-refractivity contribution in [1.82, 2.24) is 0 Å². The maximum Gasteiger partial charge on any atom is 0.317 e. The number of hydrogen-bond donors (Lipinski definition) is 1. The second-order valence-electron chi connectivity index (χ2n) is 3.96. The molecule has 0 unspecified atom stereocenters. The van der Waals surface area contributed by atoms with Crippen LogP contribution in [0.4, 0.5) is 5.69 Å². The quantitative estimate of drug-likeness (QED) is 0.879. The van der Waals surface area contributed by atoms with E-state index >= 15 is 0 Å². The van der Waals surface area contributed by atoms with E-state index in [1.165, 1.54) is 12.1 Å². The van der Waals surface area contributed by atoms with Crippen LogP contribution in [0.2, 0.25) is 5.02 Å². The smallest absolute Gasteiger partial charge is 0.249 e. The van der Waals surface area contributed by atoms with Gasteiger partial charge in [0.15, 0.2) is 0 Å². The fourth-order valence-electron chi connectivity index (χ4n) is 1.37. The molecule has 0 aliphatic rings. The van der Waals surface area contributed by atoms with Crippen LogP contribution in [0.1, 0.15) is 5.56 Å². The minimum Gasteiger partial charge on any atom is -0.249 e. The molecule has 0 atom stereocenters. The Kier molecular flexibility index (Phi) is 4.09. The number of halogens is 1. The molecule has 0 radical (unpaired) electrons. The first-order chi connectivity index (χ1) is 8.97. The molecule has 2 rings (SSSR count). The lowest BCUT2D eigenvalue weighted by Gasteiger charge is -2.07. The first kappa shape index (κ1) is 13.9. The molecule has 1 N–H and O–H groups in total. The van der Waals surface area contributed by atoms with Crippen LogP contribution in [-0.4, -0.2) is 8.42 Å². The summed E-state index contributed by atoms with van der Waals surface area (Å²) in [6.07, 6.45) is 0. The van der Waals surface area contributed by atoms with E-state index in [1.54, 1.807) is 36.4 Å². The molecule has 0 saturated heterocycles. The summed E-state index contributed by atoms with van der Waals surface area (Å²) >= 11 is 5.73. The average molecular weight is 298 g/mol. The lowest BCUT2D eigenvalue weighted by molar-refractivity contribution is 0.391. The van der Waals surface area contributed by atoms with Crippen LogP contribution in [-0.2, 0) is 14.4 Å². The highest BCUT2D eigenvalue weighted by Crippen LogP contribution is 2.17. The van der Waals surface area contributed by atoms with Gasteiger partial charge in [0.2, 0.25) is 0 Å². The Balaban J connectivity index is 2.09. The number of anilines is 1. The molecule has 0 aliphatic heterocycles. The van der Waals surface area contributed by atoms with Crippen molar-refractivity contribution in [3.05, 3.63) is 59.1 Å². The molecule has 6 heteroatoms. The Hall–Kier alpha value is -1.56. The zero-order valence-electron chi connectivity index (χ0n) is 10.1. The molecule has 2 aromatic rings. The zero-order valence-corrected chi connectivity index (χ0v) is 11.7. The molecule has 0 spiro atoms. The summed E-state index contributed by atoms with van der Waals surface area (Å²) in [6, 6.07) is 12.9. The Bertz CT molecular complexity index is 651. The third kappa shape index (κ3) is 3.70. The van der Waals surface area contributed by atoms with Gasteiger partial charge in [0, 0.05) is 5.02 Å². The normalized spacial score (nSPS) is 11.3. The van der Waals surface area contributed by atoms with Gasteiger partial charge in [-0.1, -0.05) is 29.3 Å². The molecule has 0 heterocycles. The first-order valence-electron chi connectivity index (χ1n) is 5.49. The average Bonchev–Trinajstić information content (AvgIpc) is 2.39. The third-order valence-corrected chi connectivity index (χ3v) is 3.83. The van der Waals surface area contributed by atoms with Crippen LogP contribution >= 0.6 is 11.6 Å². The van der Waals surface area contributed by atoms with Crippen molar-refractivity contribution < 1.29 is 12.7 Å². The van der Waals surface area contributed by atoms with E-state index in [4.69, 9.17) is 15.9 Å². The summed E-state index contributed by atoms with van der Waals surface area (Å²) in [4.78, 5) is 0.0968. The van der Waals surface area contributed by atoms with Crippen molar-refractivity contribution in [2.75, 3.05) is 5.48 Å². The van der Waals surface area contributed by atoms with Crippen LogP contribution in [0.15, 0.2) is 53.4 Å². The second-order valence-corrected chi connectivity index (χ2v) is 5.94. The van der Waals surface area contributed by atoms with Gasteiger partial charge < -0.3 is 0 Å². The van der Waals surface area contributed by atoms with Crippen molar-refractivity contribution in [1.29, 1.82) is 0 Å². The summed E-state index contributed by atoms with van der Waals surface area (Å²) in [6.45, 7) is 1.88. The molecule has 0 aliphatic carbocycles. The monoisotopic (exact) mass is 297 g/mol. The Morgan fingerprint density at radius 2 is 1.58 bits per heavy atom. The summed E-state index contributed by atoms with van der Waals surface area (Å²) < 4.78 is 28.5. The van der Waals surface area contributed by atoms with Gasteiger partial charge in [-0.25, -0.2) is 5.48 Å². The number of aryl methyl sites for hydroxylation is 1. The van der Waals surface area contributed by atoms with E-state index in [1.807, 2.05) is 6.92 Å². The van der Waals surface area contributed by atoms with Gasteiger partial charge in [0.05, 0.1) is 10.6 Å². The molecular formula is C13H12ClNO3S. The predicted octanol–water partition coefficient (Wildman–Crippen LogP) is 3.38. The maximum atomic E-state index is 11.9. The number of hydrogen-bond acceptors (Lipinski definition) is 4. The van der Waals surface area contributed by atoms with Crippen LogP contribution in [0, 0.1) is 6.92 Å². The number of rotatable bonds is 4. The van der Waals surface area contributed by atoms with E-state index in [2.05, 4.69) is 5.48 Å². The zero-order chi connectivity index (χ0) is 13.9. The molecule has 100 valence electrons. The highest BCUT2D eigenvalue weighted by molar-refractivity contribution is 7.86. The lowest BCUT2D eigenvalue weighted by atomic mass is 10.2. The van der Waals surface area contributed by atoms with E-state index in [-0.39, 0.29) is 4.90 Å². The van der Waals surface area contributed by atoms with Gasteiger partial charge >= 0.3 is 10.1 Å². The summed E-state index contributed by atoms with van der Waals surface area (Å²) in [5.41, 5.74) is 3.86. The van der Waals surface area contributed by atoms with Gasteiger partial charge in [-0.2, -0.15) is 8.42 Å².